The predicted octanol–water partition coefficient (Wildman–Crippen LogP) is 14.0. The maximum Gasteiger partial charge on any atom is 0.166 e. The van der Waals surface area contributed by atoms with Crippen LogP contribution in [0.1, 0.15) is 22.3 Å². The molecule has 0 aliphatic heterocycles. The number of aromatic nitrogens is 4. The van der Waals surface area contributed by atoms with Gasteiger partial charge < -0.3 is 4.57 Å². The van der Waals surface area contributed by atoms with Crippen LogP contribution in [-0.4, -0.2) is 19.5 Å². The second kappa shape index (κ2) is 13.4. The van der Waals surface area contributed by atoms with Crippen LogP contribution in [0.4, 0.5) is 0 Å². The van der Waals surface area contributed by atoms with Gasteiger partial charge in [0, 0.05) is 27.5 Å². The summed E-state index contributed by atoms with van der Waals surface area (Å²) in [6, 6.07) is 78.7. The Bertz CT molecular complexity index is 3460. The molecule has 0 saturated heterocycles. The number of fused-ring (bicyclic) bond motifs is 13. The van der Waals surface area contributed by atoms with E-state index in [2.05, 4.69) is 187 Å². The zero-order valence-electron chi connectivity index (χ0n) is 33.6. The molecule has 288 valence electrons. The third-order valence-corrected chi connectivity index (χ3v) is 13.1. The van der Waals surface area contributed by atoms with Gasteiger partial charge in [-0.15, -0.1) is 0 Å². The molecule has 11 aromatic rings. The molecule has 0 atom stereocenters. The van der Waals surface area contributed by atoms with E-state index < -0.39 is 5.41 Å². The molecule has 0 amide bonds. The first-order valence-electron chi connectivity index (χ1n) is 21.2. The Morgan fingerprint density at radius 3 is 1.37 bits per heavy atom. The van der Waals surface area contributed by atoms with E-state index in [1.165, 1.54) is 60.8 Å². The topological polar surface area (TPSA) is 43.6 Å². The van der Waals surface area contributed by atoms with Crippen molar-refractivity contribution >= 4 is 21.8 Å². The summed E-state index contributed by atoms with van der Waals surface area (Å²) in [7, 11) is 0. The standard InChI is InChI=1S/C58H36N4/c1-3-17-37(18-4-1)55-59-56(38-19-5-2-6-20-38)61-57(60-55)47-25-11-16-30-53(47)62-52-29-15-10-24-45(52)46-34-32-40(36-54(46)62)39-31-33-44-43-23-9-14-28-50(43)58(51(44)35-39)48-26-12-7-21-41(48)42-22-8-13-27-49(42)58/h1-36H. The smallest absolute Gasteiger partial charge is 0.166 e. The van der Waals surface area contributed by atoms with Crippen LogP contribution in [0, 0.1) is 0 Å². The third kappa shape index (κ3) is 4.92. The lowest BCUT2D eigenvalue weighted by atomic mass is 9.70. The van der Waals surface area contributed by atoms with Crippen LogP contribution in [0.2, 0.25) is 0 Å². The fraction of sp³-hybridized carbons (Fsp3) is 0.0172. The third-order valence-electron chi connectivity index (χ3n) is 13.1. The average molecular weight is 789 g/mol. The second-order valence-corrected chi connectivity index (χ2v) is 16.3. The van der Waals surface area contributed by atoms with Gasteiger partial charge in [-0.3, -0.25) is 0 Å². The van der Waals surface area contributed by atoms with Crippen molar-refractivity contribution in [2.75, 3.05) is 0 Å². The molecule has 0 bridgehead atoms. The van der Waals surface area contributed by atoms with Crippen molar-refractivity contribution in [2.45, 2.75) is 5.41 Å². The summed E-state index contributed by atoms with van der Waals surface area (Å²) in [5.41, 5.74) is 18.6. The van der Waals surface area contributed by atoms with Crippen molar-refractivity contribution in [3.05, 3.63) is 241 Å². The summed E-state index contributed by atoms with van der Waals surface area (Å²) in [5.74, 6) is 1.90. The Morgan fingerprint density at radius 1 is 0.290 bits per heavy atom. The van der Waals surface area contributed by atoms with Crippen molar-refractivity contribution in [1.82, 2.24) is 19.5 Å². The van der Waals surface area contributed by atoms with E-state index in [1.807, 2.05) is 36.4 Å². The molecular weight excluding hydrogens is 753 g/mol. The Labute approximate surface area is 359 Å². The first-order chi connectivity index (χ1) is 30.8. The number of benzene rings is 9. The van der Waals surface area contributed by atoms with Gasteiger partial charge in [0.1, 0.15) is 0 Å². The van der Waals surface area contributed by atoms with Gasteiger partial charge in [-0.1, -0.05) is 188 Å². The lowest BCUT2D eigenvalue weighted by Crippen LogP contribution is -2.25. The van der Waals surface area contributed by atoms with Crippen LogP contribution in [0.15, 0.2) is 218 Å². The van der Waals surface area contributed by atoms with E-state index in [0.29, 0.717) is 17.5 Å². The maximum absolute atomic E-state index is 5.18. The average Bonchev–Trinajstić information content (AvgIpc) is 3.96. The van der Waals surface area contributed by atoms with Crippen molar-refractivity contribution in [3.63, 3.8) is 0 Å². The predicted molar refractivity (Wildman–Crippen MR) is 252 cm³/mol. The van der Waals surface area contributed by atoms with Crippen molar-refractivity contribution in [3.8, 4) is 73.2 Å². The highest BCUT2D eigenvalue weighted by atomic mass is 15.1. The molecule has 2 aromatic heterocycles. The summed E-state index contributed by atoms with van der Waals surface area (Å²) < 4.78 is 2.39. The Balaban J connectivity index is 1.03. The van der Waals surface area contributed by atoms with Gasteiger partial charge in [0.25, 0.3) is 0 Å². The van der Waals surface area contributed by atoms with Gasteiger partial charge in [-0.2, -0.15) is 0 Å². The molecule has 0 N–H and O–H groups in total. The van der Waals surface area contributed by atoms with E-state index in [9.17, 15) is 0 Å². The van der Waals surface area contributed by atoms with Crippen LogP contribution >= 0.6 is 0 Å². The van der Waals surface area contributed by atoms with E-state index >= 15 is 0 Å². The molecule has 0 saturated carbocycles. The lowest BCUT2D eigenvalue weighted by molar-refractivity contribution is 0.794. The Kier molecular flexibility index (Phi) is 7.49. The second-order valence-electron chi connectivity index (χ2n) is 16.3. The van der Waals surface area contributed by atoms with Crippen LogP contribution < -0.4 is 0 Å². The van der Waals surface area contributed by atoms with Gasteiger partial charge in [-0.05, 0) is 86.0 Å². The Morgan fingerprint density at radius 2 is 0.742 bits per heavy atom. The molecule has 4 nitrogen and oxygen atoms in total. The number of rotatable bonds is 5. The van der Waals surface area contributed by atoms with Gasteiger partial charge in [0.2, 0.25) is 0 Å². The van der Waals surface area contributed by atoms with E-state index in [4.69, 9.17) is 15.0 Å². The number of hydrogen-bond acceptors (Lipinski definition) is 3. The van der Waals surface area contributed by atoms with E-state index in [-0.39, 0.29) is 0 Å². The zero-order chi connectivity index (χ0) is 40.8. The molecule has 2 aliphatic carbocycles. The highest BCUT2D eigenvalue weighted by Crippen LogP contribution is 2.63. The van der Waals surface area contributed by atoms with Crippen molar-refractivity contribution < 1.29 is 0 Å². The number of hydrogen-bond donors (Lipinski definition) is 0. The molecule has 1 spiro atoms. The fourth-order valence-corrected chi connectivity index (χ4v) is 10.5. The molecule has 4 heteroatoms. The van der Waals surface area contributed by atoms with Gasteiger partial charge >= 0.3 is 0 Å². The van der Waals surface area contributed by atoms with E-state index in [1.54, 1.807) is 0 Å². The maximum atomic E-state index is 5.18. The minimum absolute atomic E-state index is 0.408. The van der Waals surface area contributed by atoms with Gasteiger partial charge in [0.15, 0.2) is 17.5 Å². The summed E-state index contributed by atoms with van der Waals surface area (Å²) in [5, 5.41) is 2.38. The zero-order valence-corrected chi connectivity index (χ0v) is 33.6. The SMILES string of the molecule is c1ccc(-c2nc(-c3ccccc3)nc(-c3ccccc3-n3c4ccccc4c4ccc(-c5ccc6c(c5)C5(c7ccccc7-c7ccccc75)c5ccccc5-6)cc43)n2)cc1. The molecule has 2 heterocycles. The molecule has 9 aromatic carbocycles. The van der Waals surface area contributed by atoms with E-state index in [0.717, 1.165) is 39.0 Å². The first-order valence-corrected chi connectivity index (χ1v) is 21.2. The molecule has 0 fully saturated rings. The minimum Gasteiger partial charge on any atom is -0.308 e. The summed E-state index contributed by atoms with van der Waals surface area (Å²) >= 11 is 0. The number of nitrogens with zero attached hydrogens (tertiary/aromatic N) is 4. The van der Waals surface area contributed by atoms with Gasteiger partial charge in [0.05, 0.1) is 22.1 Å². The monoisotopic (exact) mass is 788 g/mol. The van der Waals surface area contributed by atoms with Crippen molar-refractivity contribution in [2.24, 2.45) is 0 Å². The number of para-hydroxylation sites is 2. The summed E-state index contributed by atoms with van der Waals surface area (Å²) in [6.45, 7) is 0. The quantitative estimate of drug-likeness (QED) is 0.174. The summed E-state index contributed by atoms with van der Waals surface area (Å²) in [4.78, 5) is 15.4. The van der Waals surface area contributed by atoms with Gasteiger partial charge in [-0.25, -0.2) is 15.0 Å². The largest absolute Gasteiger partial charge is 0.308 e. The minimum atomic E-state index is -0.408. The molecule has 0 radical (unpaired) electrons. The lowest BCUT2D eigenvalue weighted by Gasteiger charge is -2.30. The first kappa shape index (κ1) is 34.6. The Hall–Kier alpha value is -8.21. The van der Waals surface area contributed by atoms with Crippen LogP contribution in [-0.2, 0) is 5.41 Å². The molecule has 0 unspecified atom stereocenters. The summed E-state index contributed by atoms with van der Waals surface area (Å²) in [6.07, 6.45) is 0. The molecule has 2 aliphatic rings. The van der Waals surface area contributed by atoms with Crippen molar-refractivity contribution in [1.29, 1.82) is 0 Å². The highest BCUT2D eigenvalue weighted by molar-refractivity contribution is 6.11. The highest BCUT2D eigenvalue weighted by Gasteiger charge is 2.51. The molecule has 62 heavy (non-hydrogen) atoms. The fourth-order valence-electron chi connectivity index (χ4n) is 10.5. The van der Waals surface area contributed by atoms with Crippen LogP contribution in [0.25, 0.3) is 95.0 Å². The van der Waals surface area contributed by atoms with Crippen LogP contribution in [0.3, 0.4) is 0 Å². The molecule has 13 rings (SSSR count). The normalized spacial score (nSPS) is 13.0. The van der Waals surface area contributed by atoms with Crippen LogP contribution in [0.5, 0.6) is 0 Å². The molecular formula is C58H36N4.